The van der Waals surface area contributed by atoms with E-state index in [4.69, 9.17) is 27.9 Å². The quantitative estimate of drug-likeness (QED) is 0.0525. The van der Waals surface area contributed by atoms with Gasteiger partial charge in [-0.05, 0) is 91.4 Å². The third kappa shape index (κ3) is 7.63. The highest BCUT2D eigenvalue weighted by Crippen LogP contribution is 2.63. The lowest BCUT2D eigenvalue weighted by Gasteiger charge is -2.47. The number of carbonyl (C=O) groups excluding carboxylic acids is 6. The summed E-state index contributed by atoms with van der Waals surface area (Å²) in [5, 5.41) is 15.6. The van der Waals surface area contributed by atoms with Crippen molar-refractivity contribution in [3.63, 3.8) is 0 Å². The molecule has 332 valence electrons. The summed E-state index contributed by atoms with van der Waals surface area (Å²) in [6, 6.07) is 20.2. The van der Waals surface area contributed by atoms with Crippen molar-refractivity contribution in [2.24, 2.45) is 0 Å². The van der Waals surface area contributed by atoms with E-state index in [1.165, 1.54) is 11.0 Å². The van der Waals surface area contributed by atoms with E-state index in [9.17, 15) is 28.8 Å². The molecule has 1 unspecified atom stereocenters. The molecule has 4 aromatic carbocycles. The summed E-state index contributed by atoms with van der Waals surface area (Å²) in [5.74, 6) is -3.56. The van der Waals surface area contributed by atoms with Crippen molar-refractivity contribution in [2.45, 2.75) is 93.3 Å². The van der Waals surface area contributed by atoms with E-state index in [0.29, 0.717) is 78.5 Å². The van der Waals surface area contributed by atoms with Crippen LogP contribution in [0.5, 0.6) is 0 Å². The summed E-state index contributed by atoms with van der Waals surface area (Å²) in [7, 11) is 0. The lowest BCUT2D eigenvalue weighted by Crippen LogP contribution is -2.60. The number of piperidine rings is 1. The molecule has 1 aliphatic carbocycles. The number of hydrogen-bond donors (Lipinski definition) is 5. The van der Waals surface area contributed by atoms with E-state index < -0.39 is 46.6 Å². The highest BCUT2D eigenvalue weighted by atomic mass is 35.5. The molecule has 3 fully saturated rings. The zero-order valence-electron chi connectivity index (χ0n) is 34.9. The van der Waals surface area contributed by atoms with Crippen molar-refractivity contribution in [3.8, 4) is 0 Å². The monoisotopic (exact) mass is 908 g/mol. The second-order valence-corrected chi connectivity index (χ2v) is 18.0. The van der Waals surface area contributed by atoms with Gasteiger partial charge in [0.2, 0.25) is 23.6 Å². The number of nitrogens with zero attached hydrogens (tertiary/aromatic N) is 1. The van der Waals surface area contributed by atoms with Gasteiger partial charge in [-0.1, -0.05) is 66.7 Å². The van der Waals surface area contributed by atoms with Gasteiger partial charge in [0.25, 0.3) is 5.91 Å². The molecule has 0 radical (unpaired) electrons. The predicted octanol–water partition coefficient (Wildman–Crippen LogP) is 7.27. The summed E-state index contributed by atoms with van der Waals surface area (Å²) in [6.07, 6.45) is 4.99. The van der Waals surface area contributed by atoms with Crippen LogP contribution >= 0.6 is 23.2 Å². The van der Waals surface area contributed by atoms with Crippen molar-refractivity contribution in [3.05, 3.63) is 123 Å². The number of fused-ring (bicyclic) bond motifs is 4. The maximum Gasteiger partial charge on any atom is 0.255 e. The van der Waals surface area contributed by atoms with Gasteiger partial charge in [-0.2, -0.15) is 0 Å². The zero-order chi connectivity index (χ0) is 44.8. The molecular formula is C48H47Cl2FN6O7. The van der Waals surface area contributed by atoms with Crippen LogP contribution in [-0.4, -0.2) is 77.6 Å². The smallest absolute Gasteiger partial charge is 0.255 e. The number of rotatable bonds is 13. The van der Waals surface area contributed by atoms with E-state index in [1.807, 2.05) is 12.1 Å². The fourth-order valence-electron chi connectivity index (χ4n) is 10.8. The Labute approximate surface area is 379 Å². The van der Waals surface area contributed by atoms with E-state index in [0.717, 1.165) is 30.5 Å². The molecule has 4 heterocycles. The molecule has 9 rings (SSSR count). The van der Waals surface area contributed by atoms with Crippen LogP contribution in [0, 0.1) is 5.82 Å². The first-order valence-electron chi connectivity index (χ1n) is 21.8. The van der Waals surface area contributed by atoms with Crippen molar-refractivity contribution in [1.29, 1.82) is 0 Å². The average Bonchev–Trinajstić information content (AvgIpc) is 3.88. The van der Waals surface area contributed by atoms with E-state index >= 15 is 4.39 Å². The third-order valence-corrected chi connectivity index (χ3v) is 14.1. The SMILES string of the molecule is O=C1CCC(N2Cc3c(NCCOCCCC(=O)c4ccc(NC(=O)[C@@H]5NC6(CCCCC6)[C@@]6(C(=O)Nc7cc(Cl)ccc76)[C@H]5c5cccc(Cl)c5F)cc4)cccc3C2=O)C(=O)N1. The first-order valence-corrected chi connectivity index (χ1v) is 22.5. The molecule has 2 spiro atoms. The van der Waals surface area contributed by atoms with Crippen LogP contribution in [0.3, 0.4) is 0 Å². The molecule has 4 aliphatic heterocycles. The Morgan fingerprint density at radius 3 is 2.47 bits per heavy atom. The number of nitrogens with one attached hydrogen (secondary N) is 5. The molecule has 5 aliphatic rings. The largest absolute Gasteiger partial charge is 0.382 e. The number of anilines is 3. The Kier molecular flexibility index (Phi) is 12.1. The van der Waals surface area contributed by atoms with E-state index in [1.54, 1.807) is 60.7 Å². The van der Waals surface area contributed by atoms with Gasteiger partial charge in [-0.15, -0.1) is 0 Å². The zero-order valence-corrected chi connectivity index (χ0v) is 36.4. The number of imide groups is 1. The maximum atomic E-state index is 16.2. The number of Topliss-reactive ketones (excluding diaryl/α,β-unsaturated/α-hetero) is 1. The molecule has 4 aromatic rings. The van der Waals surface area contributed by atoms with Gasteiger partial charge in [-0.3, -0.25) is 39.4 Å². The molecule has 64 heavy (non-hydrogen) atoms. The number of carbonyl (C=O) groups is 6. The predicted molar refractivity (Wildman–Crippen MR) is 239 cm³/mol. The van der Waals surface area contributed by atoms with Crippen LogP contribution in [0.25, 0.3) is 0 Å². The lowest BCUT2D eigenvalue weighted by atomic mass is 9.55. The summed E-state index contributed by atoms with van der Waals surface area (Å²) >= 11 is 12.8. The number of benzene rings is 4. The number of ether oxygens (including phenoxy) is 1. The van der Waals surface area contributed by atoms with Gasteiger partial charge in [0, 0.05) is 82.8 Å². The summed E-state index contributed by atoms with van der Waals surface area (Å²) in [6.45, 7) is 1.41. The van der Waals surface area contributed by atoms with Crippen LogP contribution < -0.4 is 26.6 Å². The summed E-state index contributed by atoms with van der Waals surface area (Å²) in [4.78, 5) is 81.0. The van der Waals surface area contributed by atoms with Crippen molar-refractivity contribution < 1.29 is 37.9 Å². The summed E-state index contributed by atoms with van der Waals surface area (Å²) < 4.78 is 22.0. The highest BCUT2D eigenvalue weighted by molar-refractivity contribution is 6.31. The first-order chi connectivity index (χ1) is 30.9. The Morgan fingerprint density at radius 1 is 0.906 bits per heavy atom. The molecule has 5 amide bonds. The van der Waals surface area contributed by atoms with Crippen LogP contribution in [0.4, 0.5) is 21.5 Å². The number of amides is 5. The molecule has 0 bridgehead atoms. The molecule has 1 saturated carbocycles. The number of halogens is 3. The Morgan fingerprint density at radius 2 is 1.69 bits per heavy atom. The van der Waals surface area contributed by atoms with Crippen LogP contribution in [0.15, 0.2) is 78.9 Å². The average molecular weight is 910 g/mol. The standard InChI is InChI=1S/C48H47Cl2FN6O7/c49-28-14-17-33-36(25-28)54-46(63)48(33)40(31-8-4-9-34(50)41(31)51)42(56-47(48)20-2-1-3-21-47)44(61)53-29-15-12-27(13-16-29)38(58)11-6-23-64-24-22-52-35-10-5-7-30-32(35)26-57(45(30)62)37-18-19-39(59)55-43(37)60/h4-5,7-10,12-17,25,37,40,42,52,56H,1-3,6,11,18-24,26H2,(H,53,61)(H,54,63)(H,55,59,60)/t37?,40-,42+,48+/m0/s1. The van der Waals surface area contributed by atoms with Crippen molar-refractivity contribution in [2.75, 3.05) is 35.7 Å². The topological polar surface area (TPSA) is 175 Å². The Balaban J connectivity index is 0.813. The van der Waals surface area contributed by atoms with Crippen molar-refractivity contribution >= 4 is 75.6 Å². The van der Waals surface area contributed by atoms with Gasteiger partial charge in [0.05, 0.1) is 17.7 Å². The van der Waals surface area contributed by atoms with Gasteiger partial charge in [-0.25, -0.2) is 4.39 Å². The maximum absolute atomic E-state index is 16.2. The van der Waals surface area contributed by atoms with Gasteiger partial charge < -0.3 is 25.6 Å². The molecule has 4 atom stereocenters. The Hall–Kier alpha value is -5.67. The lowest BCUT2D eigenvalue weighted by molar-refractivity contribution is -0.137. The minimum Gasteiger partial charge on any atom is -0.382 e. The first kappa shape index (κ1) is 43.6. The van der Waals surface area contributed by atoms with Gasteiger partial charge in [0.15, 0.2) is 5.78 Å². The van der Waals surface area contributed by atoms with Crippen LogP contribution in [-0.2, 0) is 35.9 Å². The van der Waals surface area contributed by atoms with Crippen LogP contribution in [0.2, 0.25) is 10.0 Å². The van der Waals surface area contributed by atoms with Crippen LogP contribution in [0.1, 0.15) is 101 Å². The normalized spacial score (nSPS) is 23.2. The highest BCUT2D eigenvalue weighted by Gasteiger charge is 2.72. The van der Waals surface area contributed by atoms with E-state index in [-0.39, 0.29) is 53.5 Å². The fourth-order valence-corrected chi connectivity index (χ4v) is 11.1. The molecular weight excluding hydrogens is 862 g/mol. The molecule has 16 heteroatoms. The fraction of sp³-hybridized carbons (Fsp3) is 0.375. The minimum atomic E-state index is -1.36. The molecule has 5 N–H and O–H groups in total. The molecule has 2 saturated heterocycles. The van der Waals surface area contributed by atoms with Gasteiger partial charge >= 0.3 is 0 Å². The van der Waals surface area contributed by atoms with E-state index in [2.05, 4.69) is 26.6 Å². The molecule has 0 aromatic heterocycles. The molecule has 13 nitrogen and oxygen atoms in total. The second-order valence-electron chi connectivity index (χ2n) is 17.2. The van der Waals surface area contributed by atoms with Crippen molar-refractivity contribution in [1.82, 2.24) is 15.5 Å². The van der Waals surface area contributed by atoms with Gasteiger partial charge in [0.1, 0.15) is 17.3 Å². The Bertz CT molecular complexity index is 2570. The minimum absolute atomic E-state index is 0.0918. The second kappa shape index (κ2) is 17.7. The summed E-state index contributed by atoms with van der Waals surface area (Å²) in [5.41, 5.74) is 2.11. The number of ketones is 1. The third-order valence-electron chi connectivity index (χ3n) is 13.6. The number of hydrogen-bond acceptors (Lipinski definition) is 9.